The van der Waals surface area contributed by atoms with Crippen LogP contribution in [0.4, 0.5) is 0 Å². The van der Waals surface area contributed by atoms with Crippen molar-refractivity contribution in [1.29, 1.82) is 0 Å². The van der Waals surface area contributed by atoms with E-state index in [9.17, 15) is 20.4 Å². The monoisotopic (exact) mass is 560 g/mol. The first-order chi connectivity index (χ1) is 18.9. The molecule has 4 aliphatic carbocycles. The molecule has 1 saturated heterocycles. The van der Waals surface area contributed by atoms with Crippen molar-refractivity contribution in [2.75, 3.05) is 6.61 Å². The minimum Gasteiger partial charge on any atom is -0.394 e. The van der Waals surface area contributed by atoms with Crippen LogP contribution in [0, 0.1) is 52.3 Å². The first-order valence-corrected chi connectivity index (χ1v) is 16.2. The van der Waals surface area contributed by atoms with Gasteiger partial charge in [0.2, 0.25) is 0 Å². The summed E-state index contributed by atoms with van der Waals surface area (Å²) >= 11 is 0. The topological polar surface area (TPSA) is 99.4 Å². The molecule has 4 N–H and O–H groups in total. The van der Waals surface area contributed by atoms with E-state index in [2.05, 4.69) is 59.8 Å². The van der Waals surface area contributed by atoms with Crippen molar-refractivity contribution < 1.29 is 29.9 Å². The molecule has 3 saturated carbocycles. The Kier molecular flexibility index (Phi) is 9.00. The molecule has 0 bridgehead atoms. The fraction of sp³-hybridized carbons (Fsp3) is 0.882. The fourth-order valence-electron chi connectivity index (χ4n) is 9.58. The molecular formula is C34H56O6. The maximum absolute atomic E-state index is 10.5. The first-order valence-electron chi connectivity index (χ1n) is 16.2. The summed E-state index contributed by atoms with van der Waals surface area (Å²) in [4.78, 5) is 0. The van der Waals surface area contributed by atoms with E-state index in [1.807, 2.05) is 0 Å². The zero-order valence-corrected chi connectivity index (χ0v) is 25.7. The number of hydrogen-bond acceptors (Lipinski definition) is 6. The molecule has 14 atom stereocenters. The fourth-order valence-corrected chi connectivity index (χ4v) is 9.58. The Morgan fingerprint density at radius 2 is 1.62 bits per heavy atom. The molecular weight excluding hydrogens is 504 g/mol. The molecule has 0 aromatic carbocycles. The molecule has 5 rings (SSSR count). The maximum Gasteiger partial charge on any atom is 0.186 e. The smallest absolute Gasteiger partial charge is 0.186 e. The molecule has 0 aromatic rings. The SMILES string of the molecule is CC(C)C(C)C=CC(C)C1CCC2C3=CCC4CC(OC5OC(CO)C(O)C(O)C5O)CCC4(C)C3CCC21C. The normalized spacial score (nSPS) is 48.8. The lowest BCUT2D eigenvalue weighted by Gasteiger charge is -2.58. The third-order valence-corrected chi connectivity index (χ3v) is 12.7. The number of aliphatic hydroxyl groups excluding tert-OH is 4. The number of hydrogen-bond donors (Lipinski definition) is 4. The van der Waals surface area contributed by atoms with Crippen molar-refractivity contribution in [2.45, 2.75) is 130 Å². The molecule has 0 aromatic heterocycles. The molecule has 40 heavy (non-hydrogen) atoms. The average molecular weight is 561 g/mol. The highest BCUT2D eigenvalue weighted by molar-refractivity contribution is 5.28. The lowest BCUT2D eigenvalue weighted by atomic mass is 9.47. The van der Waals surface area contributed by atoms with E-state index in [0.717, 1.165) is 31.6 Å². The zero-order valence-electron chi connectivity index (χ0n) is 25.7. The highest BCUT2D eigenvalue weighted by atomic mass is 16.7. The predicted molar refractivity (Wildman–Crippen MR) is 156 cm³/mol. The van der Waals surface area contributed by atoms with Crippen LogP contribution in [0.25, 0.3) is 0 Å². The quantitative estimate of drug-likeness (QED) is 0.318. The van der Waals surface area contributed by atoms with E-state index in [4.69, 9.17) is 9.47 Å². The van der Waals surface area contributed by atoms with Crippen molar-refractivity contribution in [2.24, 2.45) is 52.3 Å². The van der Waals surface area contributed by atoms with Gasteiger partial charge in [-0.3, -0.25) is 0 Å². The molecule has 228 valence electrons. The van der Waals surface area contributed by atoms with Crippen LogP contribution in [0.15, 0.2) is 23.8 Å². The summed E-state index contributed by atoms with van der Waals surface area (Å²) in [6, 6.07) is 0. The summed E-state index contributed by atoms with van der Waals surface area (Å²) < 4.78 is 11.9. The molecule has 1 aliphatic heterocycles. The van der Waals surface area contributed by atoms with Gasteiger partial charge in [-0.25, -0.2) is 0 Å². The summed E-state index contributed by atoms with van der Waals surface area (Å²) in [6.07, 6.45) is 10.7. The summed E-state index contributed by atoms with van der Waals surface area (Å²) in [6.45, 7) is 14.1. The van der Waals surface area contributed by atoms with Gasteiger partial charge in [0.15, 0.2) is 6.29 Å². The van der Waals surface area contributed by atoms with Crippen LogP contribution in [0.3, 0.4) is 0 Å². The van der Waals surface area contributed by atoms with Crippen LogP contribution >= 0.6 is 0 Å². The average Bonchev–Trinajstić information content (AvgIpc) is 3.29. The van der Waals surface area contributed by atoms with E-state index in [1.165, 1.54) is 25.7 Å². The Morgan fingerprint density at radius 3 is 2.33 bits per heavy atom. The van der Waals surface area contributed by atoms with Gasteiger partial charge in [0.05, 0.1) is 12.7 Å². The van der Waals surface area contributed by atoms with Gasteiger partial charge >= 0.3 is 0 Å². The lowest BCUT2D eigenvalue weighted by molar-refractivity contribution is -0.315. The molecule has 0 amide bonds. The number of aliphatic hydroxyl groups is 4. The Labute approximate surface area is 242 Å². The minimum atomic E-state index is -1.39. The van der Waals surface area contributed by atoms with Gasteiger partial charge in [-0.1, -0.05) is 65.3 Å². The van der Waals surface area contributed by atoms with Gasteiger partial charge in [0.25, 0.3) is 0 Å². The van der Waals surface area contributed by atoms with Gasteiger partial charge in [0, 0.05) is 0 Å². The van der Waals surface area contributed by atoms with E-state index >= 15 is 0 Å². The second-order valence-electron chi connectivity index (χ2n) is 15.1. The second-order valence-corrected chi connectivity index (χ2v) is 15.1. The van der Waals surface area contributed by atoms with E-state index in [0.29, 0.717) is 40.9 Å². The highest BCUT2D eigenvalue weighted by Crippen LogP contribution is 2.67. The zero-order chi connectivity index (χ0) is 29.0. The molecule has 5 aliphatic rings. The van der Waals surface area contributed by atoms with Crippen LogP contribution in [-0.4, -0.2) is 63.8 Å². The standard InChI is InChI=1S/C34H56O6/c1-19(2)20(3)7-8-21(4)25-11-12-26-24-10-9-22-17-23(13-15-33(22,5)27(24)14-16-34(25,26)6)39-32-31(38)30(37)29(36)28(18-35)40-32/h7-8,10,19-23,25-32,35-38H,9,11-18H2,1-6H3. The highest BCUT2D eigenvalue weighted by Gasteiger charge is 2.58. The van der Waals surface area contributed by atoms with Crippen molar-refractivity contribution in [1.82, 2.24) is 0 Å². The number of rotatable bonds is 7. The van der Waals surface area contributed by atoms with Crippen LogP contribution in [0.1, 0.15) is 92.9 Å². The van der Waals surface area contributed by atoms with Crippen molar-refractivity contribution in [3.05, 3.63) is 23.8 Å². The third-order valence-electron chi connectivity index (χ3n) is 12.7. The van der Waals surface area contributed by atoms with Crippen LogP contribution in [-0.2, 0) is 9.47 Å². The molecule has 6 heteroatoms. The second kappa shape index (κ2) is 11.7. The molecule has 0 radical (unpaired) electrons. The minimum absolute atomic E-state index is 0.0694. The maximum atomic E-state index is 10.5. The summed E-state index contributed by atoms with van der Waals surface area (Å²) in [5, 5.41) is 40.3. The first kappa shape index (κ1) is 30.7. The van der Waals surface area contributed by atoms with Crippen molar-refractivity contribution in [3.8, 4) is 0 Å². The molecule has 6 nitrogen and oxygen atoms in total. The molecule has 1 heterocycles. The Bertz CT molecular complexity index is 945. The van der Waals surface area contributed by atoms with Gasteiger partial charge in [-0.05, 0) is 104 Å². The van der Waals surface area contributed by atoms with Gasteiger partial charge in [0.1, 0.15) is 24.4 Å². The van der Waals surface area contributed by atoms with Gasteiger partial charge < -0.3 is 29.9 Å². The predicted octanol–water partition coefficient (Wildman–Crippen LogP) is 5.23. The van der Waals surface area contributed by atoms with Crippen LogP contribution in [0.2, 0.25) is 0 Å². The Morgan fingerprint density at radius 1 is 0.925 bits per heavy atom. The molecule has 14 unspecified atom stereocenters. The van der Waals surface area contributed by atoms with Crippen LogP contribution < -0.4 is 0 Å². The van der Waals surface area contributed by atoms with Gasteiger partial charge in [-0.15, -0.1) is 0 Å². The molecule has 4 fully saturated rings. The van der Waals surface area contributed by atoms with Crippen molar-refractivity contribution in [3.63, 3.8) is 0 Å². The Balaban J connectivity index is 1.26. The number of allylic oxidation sites excluding steroid dienone is 4. The number of fused-ring (bicyclic) bond motifs is 5. The van der Waals surface area contributed by atoms with E-state index in [-0.39, 0.29) is 11.5 Å². The largest absolute Gasteiger partial charge is 0.394 e. The Hall–Kier alpha value is -0.760. The summed E-state index contributed by atoms with van der Waals surface area (Å²) in [5.41, 5.74) is 2.41. The van der Waals surface area contributed by atoms with Crippen molar-refractivity contribution >= 4 is 0 Å². The molecule has 0 spiro atoms. The van der Waals surface area contributed by atoms with E-state index in [1.54, 1.807) is 5.57 Å². The lowest BCUT2D eigenvalue weighted by Crippen LogP contribution is -2.60. The van der Waals surface area contributed by atoms with Gasteiger partial charge in [-0.2, -0.15) is 0 Å². The third kappa shape index (κ3) is 5.28. The van der Waals surface area contributed by atoms with E-state index < -0.39 is 37.3 Å². The summed E-state index contributed by atoms with van der Waals surface area (Å²) in [7, 11) is 0. The van der Waals surface area contributed by atoms with Crippen LogP contribution in [0.5, 0.6) is 0 Å². The number of ether oxygens (including phenoxy) is 2. The summed E-state index contributed by atoms with van der Waals surface area (Å²) in [5.74, 6) is 4.55.